The van der Waals surface area contributed by atoms with Crippen molar-refractivity contribution in [2.75, 3.05) is 25.0 Å². The van der Waals surface area contributed by atoms with Gasteiger partial charge in [-0.3, -0.25) is 4.79 Å². The maximum absolute atomic E-state index is 12.5. The summed E-state index contributed by atoms with van der Waals surface area (Å²) in [4.78, 5) is 35.3. The highest BCUT2D eigenvalue weighted by molar-refractivity contribution is 5.91. The summed E-state index contributed by atoms with van der Waals surface area (Å²) in [6.45, 7) is 3.51. The molecule has 0 atom stereocenters. The van der Waals surface area contributed by atoms with Crippen molar-refractivity contribution in [2.24, 2.45) is 0 Å². The molecule has 0 bridgehead atoms. The van der Waals surface area contributed by atoms with Crippen LogP contribution in [0.1, 0.15) is 47.6 Å². The van der Waals surface area contributed by atoms with Crippen LogP contribution in [0.5, 0.6) is 0 Å². The first-order valence-electron chi connectivity index (χ1n) is 10.8. The van der Waals surface area contributed by atoms with Gasteiger partial charge in [-0.2, -0.15) is 4.98 Å². The van der Waals surface area contributed by atoms with Crippen molar-refractivity contribution >= 4 is 28.6 Å². The molecule has 3 aromatic rings. The fourth-order valence-electron chi connectivity index (χ4n) is 4.15. The van der Waals surface area contributed by atoms with Gasteiger partial charge >= 0.3 is 5.97 Å². The standard InChI is InChI=1S/C23H25N5O3/c29-20-18-13-24-23(26-21(18)28(17-7-8-17)14-19(20)22(30)31)25-16-5-3-15(4-6-16)9-12-27-10-1-2-11-27/h3-6,13-14,17H,1-2,7-12H2,(H,30,31)(H,24,25,26). The predicted octanol–water partition coefficient (Wildman–Crippen LogP) is 3.21. The Morgan fingerprint density at radius 3 is 2.58 bits per heavy atom. The van der Waals surface area contributed by atoms with Gasteiger partial charge in [-0.05, 0) is 62.9 Å². The molecule has 8 nitrogen and oxygen atoms in total. The molecule has 8 heteroatoms. The molecule has 2 aliphatic rings. The highest BCUT2D eigenvalue weighted by atomic mass is 16.4. The zero-order chi connectivity index (χ0) is 21.4. The third-order valence-corrected chi connectivity index (χ3v) is 6.07. The summed E-state index contributed by atoms with van der Waals surface area (Å²) < 4.78 is 1.80. The van der Waals surface area contributed by atoms with Crippen molar-refractivity contribution in [1.29, 1.82) is 0 Å². The van der Waals surface area contributed by atoms with Gasteiger partial charge in [0, 0.05) is 30.7 Å². The number of nitrogens with one attached hydrogen (secondary N) is 1. The van der Waals surface area contributed by atoms with Crippen molar-refractivity contribution in [2.45, 2.75) is 38.1 Å². The molecule has 1 aliphatic carbocycles. The molecular weight excluding hydrogens is 394 g/mol. The quantitative estimate of drug-likeness (QED) is 0.606. The maximum Gasteiger partial charge on any atom is 0.341 e. The molecule has 0 radical (unpaired) electrons. The average Bonchev–Trinajstić information content (AvgIpc) is 3.48. The van der Waals surface area contributed by atoms with Gasteiger partial charge in [-0.1, -0.05) is 12.1 Å². The van der Waals surface area contributed by atoms with E-state index in [1.54, 1.807) is 4.57 Å². The van der Waals surface area contributed by atoms with Crippen LogP contribution in [0, 0.1) is 0 Å². The fourth-order valence-corrected chi connectivity index (χ4v) is 4.15. The van der Waals surface area contributed by atoms with Gasteiger partial charge in [0.1, 0.15) is 11.2 Å². The SMILES string of the molecule is O=C(O)c1cn(C2CC2)c2nc(Nc3ccc(CCN4CCCC4)cc3)ncc2c1=O. The minimum Gasteiger partial charge on any atom is -0.477 e. The minimum atomic E-state index is -1.23. The lowest BCUT2D eigenvalue weighted by Gasteiger charge is -2.14. The first-order valence-corrected chi connectivity index (χ1v) is 10.8. The summed E-state index contributed by atoms with van der Waals surface area (Å²) in [5, 5.41) is 12.8. The van der Waals surface area contributed by atoms with Gasteiger partial charge in [0.25, 0.3) is 0 Å². The fraction of sp³-hybridized carbons (Fsp3) is 0.391. The molecule has 1 saturated carbocycles. The molecule has 160 valence electrons. The Morgan fingerprint density at radius 2 is 1.90 bits per heavy atom. The number of rotatable bonds is 7. The first-order chi connectivity index (χ1) is 15.1. The van der Waals surface area contributed by atoms with E-state index in [0.29, 0.717) is 11.6 Å². The number of aromatic carboxylic acids is 1. The second-order valence-corrected chi connectivity index (χ2v) is 8.37. The monoisotopic (exact) mass is 419 g/mol. The zero-order valence-corrected chi connectivity index (χ0v) is 17.3. The molecular formula is C23H25N5O3. The van der Waals surface area contributed by atoms with Crippen molar-refractivity contribution in [3.63, 3.8) is 0 Å². The molecule has 1 aliphatic heterocycles. The lowest BCUT2D eigenvalue weighted by Crippen LogP contribution is -2.21. The van der Waals surface area contributed by atoms with E-state index in [4.69, 9.17) is 0 Å². The van der Waals surface area contributed by atoms with E-state index in [1.807, 2.05) is 12.1 Å². The van der Waals surface area contributed by atoms with Gasteiger partial charge in [-0.25, -0.2) is 9.78 Å². The molecule has 0 unspecified atom stereocenters. The van der Waals surface area contributed by atoms with E-state index < -0.39 is 11.4 Å². The van der Waals surface area contributed by atoms with E-state index in [9.17, 15) is 14.7 Å². The number of hydrogen-bond acceptors (Lipinski definition) is 6. The van der Waals surface area contributed by atoms with Gasteiger partial charge in [0.15, 0.2) is 0 Å². The third kappa shape index (κ3) is 4.16. The molecule has 2 aromatic heterocycles. The summed E-state index contributed by atoms with van der Waals surface area (Å²) in [5.41, 5.74) is 1.84. The van der Waals surface area contributed by atoms with E-state index in [-0.39, 0.29) is 17.0 Å². The first kappa shape index (κ1) is 19.7. The normalized spacial score (nSPS) is 16.6. The molecule has 2 N–H and O–H groups in total. The van der Waals surface area contributed by atoms with Crippen molar-refractivity contribution in [3.05, 3.63) is 58.0 Å². The van der Waals surface area contributed by atoms with Crippen LogP contribution in [-0.4, -0.2) is 50.1 Å². The summed E-state index contributed by atoms with van der Waals surface area (Å²) in [6, 6.07) is 8.42. The topological polar surface area (TPSA) is 100 Å². The number of hydrogen-bond donors (Lipinski definition) is 2. The average molecular weight is 419 g/mol. The van der Waals surface area contributed by atoms with Gasteiger partial charge in [0.2, 0.25) is 11.4 Å². The molecule has 1 aromatic carbocycles. The number of carboxylic acid groups (broad SMARTS) is 1. The summed E-state index contributed by atoms with van der Waals surface area (Å²) >= 11 is 0. The van der Waals surface area contributed by atoms with Crippen LogP contribution in [0.25, 0.3) is 11.0 Å². The van der Waals surface area contributed by atoms with Gasteiger partial charge in [-0.15, -0.1) is 0 Å². The molecule has 0 spiro atoms. The van der Waals surface area contributed by atoms with E-state index in [0.717, 1.165) is 31.5 Å². The third-order valence-electron chi connectivity index (χ3n) is 6.07. The molecule has 5 rings (SSSR count). The van der Waals surface area contributed by atoms with Crippen LogP contribution < -0.4 is 10.7 Å². The van der Waals surface area contributed by atoms with Crippen molar-refractivity contribution in [3.8, 4) is 0 Å². The summed E-state index contributed by atoms with van der Waals surface area (Å²) in [5.74, 6) is -0.845. The van der Waals surface area contributed by atoms with Gasteiger partial charge in [0.05, 0.1) is 5.39 Å². The molecule has 0 amide bonds. The maximum atomic E-state index is 12.5. The van der Waals surface area contributed by atoms with Crippen molar-refractivity contribution in [1.82, 2.24) is 19.4 Å². The summed E-state index contributed by atoms with van der Waals surface area (Å²) in [7, 11) is 0. The Kier molecular flexibility index (Phi) is 5.15. The largest absolute Gasteiger partial charge is 0.477 e. The number of fused-ring (bicyclic) bond motifs is 1. The second-order valence-electron chi connectivity index (χ2n) is 8.37. The molecule has 2 fully saturated rings. The lowest BCUT2D eigenvalue weighted by atomic mass is 10.1. The predicted molar refractivity (Wildman–Crippen MR) is 118 cm³/mol. The van der Waals surface area contributed by atoms with E-state index in [2.05, 4.69) is 32.3 Å². The summed E-state index contributed by atoms with van der Waals surface area (Å²) in [6.07, 6.45) is 8.37. The molecule has 1 saturated heterocycles. The van der Waals surface area contributed by atoms with Crippen LogP contribution in [-0.2, 0) is 6.42 Å². The number of aromatic nitrogens is 3. The number of anilines is 2. The highest BCUT2D eigenvalue weighted by Crippen LogP contribution is 2.36. The van der Waals surface area contributed by atoms with Crippen LogP contribution in [0.3, 0.4) is 0 Å². The Bertz CT molecular complexity index is 1180. The number of carboxylic acids is 1. The second kappa shape index (κ2) is 8.11. The van der Waals surface area contributed by atoms with E-state index >= 15 is 0 Å². The highest BCUT2D eigenvalue weighted by Gasteiger charge is 2.27. The van der Waals surface area contributed by atoms with Crippen LogP contribution in [0.2, 0.25) is 0 Å². The zero-order valence-electron chi connectivity index (χ0n) is 17.3. The minimum absolute atomic E-state index is 0.179. The Labute approximate surface area is 179 Å². The molecule has 31 heavy (non-hydrogen) atoms. The number of pyridine rings is 1. The Balaban J connectivity index is 1.37. The van der Waals surface area contributed by atoms with Crippen LogP contribution in [0.4, 0.5) is 11.6 Å². The van der Waals surface area contributed by atoms with Crippen molar-refractivity contribution < 1.29 is 9.90 Å². The Hall–Kier alpha value is -3.26. The van der Waals surface area contributed by atoms with E-state index in [1.165, 1.54) is 43.9 Å². The number of benzene rings is 1. The number of likely N-dealkylation sites (tertiary alicyclic amines) is 1. The number of carbonyl (C=O) groups is 1. The van der Waals surface area contributed by atoms with Crippen LogP contribution in [0.15, 0.2) is 41.5 Å². The number of nitrogens with zero attached hydrogens (tertiary/aromatic N) is 4. The smallest absolute Gasteiger partial charge is 0.341 e. The lowest BCUT2D eigenvalue weighted by molar-refractivity contribution is 0.0695. The molecule has 3 heterocycles. The van der Waals surface area contributed by atoms with Crippen LogP contribution >= 0.6 is 0 Å². The Morgan fingerprint density at radius 1 is 1.16 bits per heavy atom. The van der Waals surface area contributed by atoms with Gasteiger partial charge < -0.3 is 19.9 Å².